The number of nitrogens with zero attached hydrogens (tertiary/aromatic N) is 2. The minimum absolute atomic E-state index is 0.00987. The van der Waals surface area contributed by atoms with Crippen molar-refractivity contribution in [1.29, 1.82) is 0 Å². The van der Waals surface area contributed by atoms with Gasteiger partial charge in [-0.25, -0.2) is 9.97 Å². The summed E-state index contributed by atoms with van der Waals surface area (Å²) in [4.78, 5) is 8.98. The van der Waals surface area contributed by atoms with Crippen LogP contribution in [0.15, 0.2) is 12.4 Å². The molecular formula is C16H23N3. The molecule has 3 nitrogen and oxygen atoms in total. The van der Waals surface area contributed by atoms with E-state index >= 15 is 0 Å². The molecule has 1 aromatic rings. The smallest absolute Gasteiger partial charge is 0.116 e. The number of hydrogen-bond acceptors (Lipinski definition) is 3. The summed E-state index contributed by atoms with van der Waals surface area (Å²) >= 11 is 0. The van der Waals surface area contributed by atoms with Gasteiger partial charge in [-0.05, 0) is 69.3 Å². The van der Waals surface area contributed by atoms with Gasteiger partial charge in [-0.3, -0.25) is 0 Å². The van der Waals surface area contributed by atoms with Crippen LogP contribution in [0.4, 0.5) is 0 Å². The maximum absolute atomic E-state index is 5.98. The zero-order chi connectivity index (χ0) is 13.0. The molecule has 0 radical (unpaired) electrons. The Balaban J connectivity index is 1.73. The SMILES string of the molecule is CC(N)c1cc(C23CC4CC(CC(C4)C2)C3)ncn1. The van der Waals surface area contributed by atoms with Gasteiger partial charge in [0.1, 0.15) is 6.33 Å². The number of rotatable bonds is 2. The third-order valence-corrected chi connectivity index (χ3v) is 5.74. The van der Waals surface area contributed by atoms with Crippen molar-refractivity contribution in [3.8, 4) is 0 Å². The molecular weight excluding hydrogens is 234 g/mol. The van der Waals surface area contributed by atoms with Crippen molar-refractivity contribution in [2.24, 2.45) is 23.5 Å². The third-order valence-electron chi connectivity index (χ3n) is 5.74. The van der Waals surface area contributed by atoms with E-state index in [0.29, 0.717) is 5.41 Å². The first-order chi connectivity index (χ1) is 9.14. The van der Waals surface area contributed by atoms with Gasteiger partial charge in [-0.1, -0.05) is 0 Å². The Hall–Kier alpha value is -0.960. The first kappa shape index (κ1) is 11.8. The average molecular weight is 257 g/mol. The van der Waals surface area contributed by atoms with Crippen LogP contribution in [-0.2, 0) is 5.41 Å². The van der Waals surface area contributed by atoms with Crippen LogP contribution in [0.25, 0.3) is 0 Å². The molecule has 102 valence electrons. The second-order valence-corrected chi connectivity index (χ2v) is 7.31. The minimum Gasteiger partial charge on any atom is -0.323 e. The molecule has 4 saturated carbocycles. The molecule has 1 heterocycles. The molecule has 3 heteroatoms. The fourth-order valence-corrected chi connectivity index (χ4v) is 5.34. The number of aromatic nitrogens is 2. The molecule has 0 spiro atoms. The summed E-state index contributed by atoms with van der Waals surface area (Å²) < 4.78 is 0. The molecule has 5 rings (SSSR count). The van der Waals surface area contributed by atoms with Crippen molar-refractivity contribution >= 4 is 0 Å². The monoisotopic (exact) mass is 257 g/mol. The molecule has 1 unspecified atom stereocenters. The van der Waals surface area contributed by atoms with E-state index in [2.05, 4.69) is 16.0 Å². The number of hydrogen-bond donors (Lipinski definition) is 1. The van der Waals surface area contributed by atoms with E-state index in [0.717, 1.165) is 23.4 Å². The molecule has 2 N–H and O–H groups in total. The normalized spacial score (nSPS) is 41.5. The Morgan fingerprint density at radius 2 is 1.68 bits per heavy atom. The maximum atomic E-state index is 5.98. The largest absolute Gasteiger partial charge is 0.323 e. The molecule has 1 atom stereocenters. The van der Waals surface area contributed by atoms with Crippen LogP contribution < -0.4 is 5.73 Å². The van der Waals surface area contributed by atoms with Crippen molar-refractivity contribution in [2.75, 3.05) is 0 Å². The zero-order valence-corrected chi connectivity index (χ0v) is 11.7. The lowest BCUT2D eigenvalue weighted by atomic mass is 9.49. The standard InChI is InChI=1S/C16H23N3/c1-10(17)14-5-15(19-9-18-14)16-6-11-2-12(7-16)4-13(3-11)8-16/h5,9-13H,2-4,6-8,17H2,1H3. The van der Waals surface area contributed by atoms with Crippen LogP contribution in [-0.4, -0.2) is 9.97 Å². The van der Waals surface area contributed by atoms with Crippen LogP contribution in [0, 0.1) is 17.8 Å². The maximum Gasteiger partial charge on any atom is 0.116 e. The Kier molecular flexibility index (Phi) is 2.50. The lowest BCUT2D eigenvalue weighted by Crippen LogP contribution is -2.49. The predicted octanol–water partition coefficient (Wildman–Crippen LogP) is 2.96. The highest BCUT2D eigenvalue weighted by atomic mass is 14.9. The fourth-order valence-electron chi connectivity index (χ4n) is 5.34. The van der Waals surface area contributed by atoms with E-state index in [1.165, 1.54) is 44.2 Å². The second kappa shape index (κ2) is 4.02. The highest BCUT2D eigenvalue weighted by Crippen LogP contribution is 2.60. The number of nitrogens with two attached hydrogens (primary N) is 1. The lowest BCUT2D eigenvalue weighted by Gasteiger charge is -2.56. The summed E-state index contributed by atoms with van der Waals surface area (Å²) in [7, 11) is 0. The Morgan fingerprint density at radius 1 is 1.11 bits per heavy atom. The topological polar surface area (TPSA) is 51.8 Å². The van der Waals surface area contributed by atoms with Gasteiger partial charge in [-0.2, -0.15) is 0 Å². The Labute approximate surface area is 115 Å². The fraction of sp³-hybridized carbons (Fsp3) is 0.750. The molecule has 0 aliphatic heterocycles. The second-order valence-electron chi connectivity index (χ2n) is 7.31. The first-order valence-electron chi connectivity index (χ1n) is 7.73. The lowest BCUT2D eigenvalue weighted by molar-refractivity contribution is -0.00732. The highest BCUT2D eigenvalue weighted by molar-refractivity contribution is 5.25. The average Bonchev–Trinajstić information content (AvgIpc) is 2.37. The van der Waals surface area contributed by atoms with Crippen molar-refractivity contribution in [3.05, 3.63) is 23.8 Å². The van der Waals surface area contributed by atoms with Gasteiger partial charge in [0.15, 0.2) is 0 Å². The van der Waals surface area contributed by atoms with Crippen LogP contribution in [0.1, 0.15) is 62.9 Å². The van der Waals surface area contributed by atoms with E-state index < -0.39 is 0 Å². The Morgan fingerprint density at radius 3 is 2.21 bits per heavy atom. The first-order valence-corrected chi connectivity index (χ1v) is 7.73. The van der Waals surface area contributed by atoms with Crippen LogP contribution >= 0.6 is 0 Å². The van der Waals surface area contributed by atoms with Crippen LogP contribution in [0.5, 0.6) is 0 Å². The molecule has 4 bridgehead atoms. The molecule has 1 aromatic heterocycles. The van der Waals surface area contributed by atoms with Gasteiger partial charge in [0.25, 0.3) is 0 Å². The van der Waals surface area contributed by atoms with E-state index in [1.807, 2.05) is 6.92 Å². The molecule has 0 saturated heterocycles. The minimum atomic E-state index is 0.00987. The quantitative estimate of drug-likeness (QED) is 0.886. The highest BCUT2D eigenvalue weighted by Gasteiger charge is 2.52. The van der Waals surface area contributed by atoms with E-state index in [1.54, 1.807) is 6.33 Å². The van der Waals surface area contributed by atoms with E-state index in [4.69, 9.17) is 5.73 Å². The van der Waals surface area contributed by atoms with Crippen molar-refractivity contribution in [3.63, 3.8) is 0 Å². The summed E-state index contributed by atoms with van der Waals surface area (Å²) in [6, 6.07) is 2.20. The van der Waals surface area contributed by atoms with Crippen molar-refractivity contribution < 1.29 is 0 Å². The van der Waals surface area contributed by atoms with Crippen molar-refractivity contribution in [1.82, 2.24) is 9.97 Å². The molecule has 4 fully saturated rings. The van der Waals surface area contributed by atoms with Gasteiger partial charge >= 0.3 is 0 Å². The summed E-state index contributed by atoms with van der Waals surface area (Å²) in [5, 5.41) is 0. The summed E-state index contributed by atoms with van der Waals surface area (Å²) in [6.07, 6.45) is 10.2. The third kappa shape index (κ3) is 1.82. The summed E-state index contributed by atoms with van der Waals surface area (Å²) in [5.41, 5.74) is 8.63. The van der Waals surface area contributed by atoms with E-state index in [-0.39, 0.29) is 6.04 Å². The summed E-state index contributed by atoms with van der Waals surface area (Å²) in [5.74, 6) is 2.87. The predicted molar refractivity (Wildman–Crippen MR) is 74.5 cm³/mol. The molecule has 4 aliphatic carbocycles. The molecule has 0 aromatic carbocycles. The van der Waals surface area contributed by atoms with Crippen molar-refractivity contribution in [2.45, 2.75) is 56.9 Å². The van der Waals surface area contributed by atoms with Gasteiger partial charge in [-0.15, -0.1) is 0 Å². The summed E-state index contributed by atoms with van der Waals surface area (Å²) in [6.45, 7) is 2.01. The van der Waals surface area contributed by atoms with Gasteiger partial charge in [0.05, 0.1) is 11.4 Å². The van der Waals surface area contributed by atoms with Crippen LogP contribution in [0.3, 0.4) is 0 Å². The van der Waals surface area contributed by atoms with Crippen LogP contribution in [0.2, 0.25) is 0 Å². The van der Waals surface area contributed by atoms with E-state index in [9.17, 15) is 0 Å². The van der Waals surface area contributed by atoms with Gasteiger partial charge < -0.3 is 5.73 Å². The zero-order valence-electron chi connectivity index (χ0n) is 11.7. The van der Waals surface area contributed by atoms with Gasteiger partial charge in [0, 0.05) is 11.5 Å². The molecule has 19 heavy (non-hydrogen) atoms. The van der Waals surface area contributed by atoms with Gasteiger partial charge in [0.2, 0.25) is 0 Å². The Bertz CT molecular complexity index is 459. The molecule has 0 amide bonds. The molecule has 4 aliphatic rings.